The van der Waals surface area contributed by atoms with Crippen molar-refractivity contribution < 1.29 is 8.83 Å². The van der Waals surface area contributed by atoms with Gasteiger partial charge in [0.1, 0.15) is 16.7 Å². The second-order valence-corrected chi connectivity index (χ2v) is 10.9. The normalized spacial score (nSPS) is 11.8. The van der Waals surface area contributed by atoms with Crippen molar-refractivity contribution in [2.24, 2.45) is 0 Å². The Morgan fingerprint density at radius 2 is 1.00 bits per heavy atom. The SMILES string of the molecule is c1cc(-c2ccc3oc4ccccc4c3c2)cc(-c2c3ccccc3c(-c3cccc4ccoc34)c3ccccc23)c1. The van der Waals surface area contributed by atoms with Gasteiger partial charge in [0.2, 0.25) is 0 Å². The molecule has 196 valence electrons. The zero-order valence-corrected chi connectivity index (χ0v) is 22.7. The summed E-state index contributed by atoms with van der Waals surface area (Å²) in [5.74, 6) is 0. The third-order valence-corrected chi connectivity index (χ3v) is 8.54. The monoisotopic (exact) mass is 536 g/mol. The molecule has 2 heterocycles. The summed E-state index contributed by atoms with van der Waals surface area (Å²) in [4.78, 5) is 0. The second-order valence-electron chi connectivity index (χ2n) is 10.9. The van der Waals surface area contributed by atoms with E-state index in [9.17, 15) is 0 Å². The Balaban J connectivity index is 1.31. The third-order valence-electron chi connectivity index (χ3n) is 8.54. The maximum absolute atomic E-state index is 6.10. The van der Waals surface area contributed by atoms with E-state index >= 15 is 0 Å². The number of hydrogen-bond donors (Lipinski definition) is 0. The minimum Gasteiger partial charge on any atom is -0.464 e. The number of fused-ring (bicyclic) bond motifs is 6. The van der Waals surface area contributed by atoms with E-state index in [1.54, 1.807) is 6.26 Å². The maximum atomic E-state index is 6.10. The van der Waals surface area contributed by atoms with E-state index in [4.69, 9.17) is 8.83 Å². The standard InChI is InChI=1S/C40H24O2/c1-3-15-32-30(13-1)38(31-14-2-4-16-33(31)39(32)34-17-8-9-25-21-22-41-40(25)34)28-11-7-10-26(23-28)27-19-20-37-35(24-27)29-12-5-6-18-36(29)42-37/h1-24H. The second kappa shape index (κ2) is 8.95. The Morgan fingerprint density at radius 1 is 0.381 bits per heavy atom. The lowest BCUT2D eigenvalue weighted by Gasteiger charge is -2.18. The summed E-state index contributed by atoms with van der Waals surface area (Å²) in [6.07, 6.45) is 1.78. The molecule has 9 rings (SSSR count). The fourth-order valence-corrected chi connectivity index (χ4v) is 6.68. The lowest BCUT2D eigenvalue weighted by molar-refractivity contribution is 0.617. The minimum absolute atomic E-state index is 0.912. The Bertz CT molecular complexity index is 2420. The molecule has 9 aromatic rings. The Labute approximate surface area is 242 Å². The molecule has 0 unspecified atom stereocenters. The summed E-state index contributed by atoms with van der Waals surface area (Å²) >= 11 is 0. The van der Waals surface area contributed by atoms with Gasteiger partial charge in [-0.3, -0.25) is 0 Å². The van der Waals surface area contributed by atoms with Crippen molar-refractivity contribution in [2.75, 3.05) is 0 Å². The maximum Gasteiger partial charge on any atom is 0.141 e. The van der Waals surface area contributed by atoms with Crippen LogP contribution in [0.25, 0.3) is 87.8 Å². The molecule has 0 aliphatic heterocycles. The topological polar surface area (TPSA) is 26.3 Å². The molecule has 0 aliphatic rings. The highest BCUT2D eigenvalue weighted by Crippen LogP contribution is 2.46. The smallest absolute Gasteiger partial charge is 0.141 e. The Morgan fingerprint density at radius 3 is 1.79 bits per heavy atom. The van der Waals surface area contributed by atoms with Crippen molar-refractivity contribution in [1.82, 2.24) is 0 Å². The molecule has 0 spiro atoms. The van der Waals surface area contributed by atoms with Gasteiger partial charge in [-0.2, -0.15) is 0 Å². The Kier molecular flexibility index (Phi) is 4.93. The highest BCUT2D eigenvalue weighted by molar-refractivity contribution is 6.23. The summed E-state index contributed by atoms with van der Waals surface area (Å²) in [6, 6.07) is 49.6. The molecule has 0 aliphatic carbocycles. The van der Waals surface area contributed by atoms with Gasteiger partial charge in [-0.1, -0.05) is 109 Å². The summed E-state index contributed by atoms with van der Waals surface area (Å²) in [6.45, 7) is 0. The van der Waals surface area contributed by atoms with Gasteiger partial charge in [0.15, 0.2) is 0 Å². The van der Waals surface area contributed by atoms with Gasteiger partial charge in [-0.05, 0) is 74.1 Å². The Hall–Kier alpha value is -5.60. The molecule has 0 bridgehead atoms. The van der Waals surface area contributed by atoms with Crippen LogP contribution in [0, 0.1) is 0 Å². The third kappa shape index (κ3) is 3.39. The molecule has 0 radical (unpaired) electrons. The van der Waals surface area contributed by atoms with Crippen LogP contribution >= 0.6 is 0 Å². The van der Waals surface area contributed by atoms with Gasteiger partial charge in [0.25, 0.3) is 0 Å². The average molecular weight is 537 g/mol. The predicted molar refractivity (Wildman–Crippen MR) is 175 cm³/mol. The molecule has 42 heavy (non-hydrogen) atoms. The van der Waals surface area contributed by atoms with Crippen molar-refractivity contribution in [3.63, 3.8) is 0 Å². The van der Waals surface area contributed by atoms with Crippen LogP contribution in [-0.4, -0.2) is 0 Å². The molecule has 0 saturated carbocycles. The molecule has 0 saturated heterocycles. The molecule has 2 aromatic heterocycles. The van der Waals surface area contributed by atoms with Gasteiger partial charge in [-0.25, -0.2) is 0 Å². The van der Waals surface area contributed by atoms with Crippen molar-refractivity contribution in [3.8, 4) is 33.4 Å². The number of para-hydroxylation sites is 2. The zero-order chi connectivity index (χ0) is 27.6. The lowest BCUT2D eigenvalue weighted by Crippen LogP contribution is -1.91. The van der Waals surface area contributed by atoms with Crippen molar-refractivity contribution >= 4 is 54.5 Å². The van der Waals surface area contributed by atoms with E-state index in [1.807, 2.05) is 18.2 Å². The van der Waals surface area contributed by atoms with E-state index in [0.29, 0.717) is 0 Å². The lowest BCUT2D eigenvalue weighted by atomic mass is 9.85. The minimum atomic E-state index is 0.912. The molecular weight excluding hydrogens is 512 g/mol. The van der Waals surface area contributed by atoms with Gasteiger partial charge >= 0.3 is 0 Å². The van der Waals surface area contributed by atoms with Crippen LogP contribution in [0.5, 0.6) is 0 Å². The summed E-state index contributed by atoms with van der Waals surface area (Å²) < 4.78 is 12.1. The molecule has 0 atom stereocenters. The quantitative estimate of drug-likeness (QED) is 0.210. The van der Waals surface area contributed by atoms with E-state index in [1.165, 1.54) is 49.4 Å². The fraction of sp³-hybridized carbons (Fsp3) is 0. The average Bonchev–Trinajstić information content (AvgIpc) is 3.68. The van der Waals surface area contributed by atoms with Crippen LogP contribution in [-0.2, 0) is 0 Å². The highest BCUT2D eigenvalue weighted by Gasteiger charge is 2.19. The van der Waals surface area contributed by atoms with Gasteiger partial charge in [0, 0.05) is 27.3 Å². The first-order chi connectivity index (χ1) is 20.8. The molecule has 0 N–H and O–H groups in total. The van der Waals surface area contributed by atoms with Crippen molar-refractivity contribution in [2.45, 2.75) is 0 Å². The molecule has 7 aromatic carbocycles. The number of benzene rings is 7. The number of furan rings is 2. The number of rotatable bonds is 3. The largest absolute Gasteiger partial charge is 0.464 e. The zero-order valence-electron chi connectivity index (χ0n) is 22.7. The summed E-state index contributed by atoms with van der Waals surface area (Å²) in [7, 11) is 0. The molecule has 2 heteroatoms. The van der Waals surface area contributed by atoms with Crippen molar-refractivity contribution in [3.05, 3.63) is 146 Å². The van der Waals surface area contributed by atoms with E-state index in [0.717, 1.165) is 38.5 Å². The number of hydrogen-bond acceptors (Lipinski definition) is 2. The van der Waals surface area contributed by atoms with Gasteiger partial charge in [0.05, 0.1) is 6.26 Å². The summed E-state index contributed by atoms with van der Waals surface area (Å²) in [5.41, 5.74) is 9.86. The van der Waals surface area contributed by atoms with Crippen LogP contribution in [0.4, 0.5) is 0 Å². The van der Waals surface area contributed by atoms with Gasteiger partial charge < -0.3 is 8.83 Å². The van der Waals surface area contributed by atoms with E-state index in [2.05, 4.69) is 121 Å². The van der Waals surface area contributed by atoms with E-state index < -0.39 is 0 Å². The first-order valence-electron chi connectivity index (χ1n) is 14.3. The van der Waals surface area contributed by atoms with Crippen LogP contribution in [0.15, 0.2) is 155 Å². The van der Waals surface area contributed by atoms with E-state index in [-0.39, 0.29) is 0 Å². The van der Waals surface area contributed by atoms with Crippen LogP contribution < -0.4 is 0 Å². The molecular formula is C40H24O2. The van der Waals surface area contributed by atoms with Crippen LogP contribution in [0.2, 0.25) is 0 Å². The molecule has 2 nitrogen and oxygen atoms in total. The summed E-state index contributed by atoms with van der Waals surface area (Å²) in [5, 5.41) is 8.27. The first-order valence-corrected chi connectivity index (χ1v) is 14.3. The first kappa shape index (κ1) is 23.1. The van der Waals surface area contributed by atoms with Crippen LogP contribution in [0.3, 0.4) is 0 Å². The van der Waals surface area contributed by atoms with Crippen molar-refractivity contribution in [1.29, 1.82) is 0 Å². The molecule has 0 amide bonds. The van der Waals surface area contributed by atoms with Crippen LogP contribution in [0.1, 0.15) is 0 Å². The van der Waals surface area contributed by atoms with Gasteiger partial charge in [-0.15, -0.1) is 0 Å². The fourth-order valence-electron chi connectivity index (χ4n) is 6.68. The molecule has 0 fully saturated rings. The highest BCUT2D eigenvalue weighted by atomic mass is 16.3. The predicted octanol–water partition coefficient (Wildman–Crippen LogP) is 11.6.